The second kappa shape index (κ2) is 7.63. The summed E-state index contributed by atoms with van der Waals surface area (Å²) in [6, 6.07) is 7.43. The number of para-hydroxylation sites is 2. The van der Waals surface area contributed by atoms with Gasteiger partial charge in [-0.3, -0.25) is 9.36 Å². The van der Waals surface area contributed by atoms with Crippen LogP contribution >= 0.6 is 0 Å². The Balaban J connectivity index is 1.60. The number of aryl methyl sites for hydroxylation is 1. The number of hydrogen-bond donors (Lipinski definition) is 2. The summed E-state index contributed by atoms with van der Waals surface area (Å²) in [4.78, 5) is 27.1. The average molecular weight is 333 g/mol. The van der Waals surface area contributed by atoms with Crippen molar-refractivity contribution in [2.75, 3.05) is 19.8 Å². The van der Waals surface area contributed by atoms with E-state index in [4.69, 9.17) is 9.47 Å². The molecule has 2 heterocycles. The number of aromatic nitrogens is 2. The van der Waals surface area contributed by atoms with E-state index in [9.17, 15) is 9.59 Å². The third kappa shape index (κ3) is 3.68. The van der Waals surface area contributed by atoms with Crippen LogP contribution in [0.5, 0.6) is 0 Å². The summed E-state index contributed by atoms with van der Waals surface area (Å²) in [5, 5.41) is 3.01. The van der Waals surface area contributed by atoms with Crippen molar-refractivity contribution in [3.8, 4) is 0 Å². The number of carbonyl (C=O) groups is 1. The van der Waals surface area contributed by atoms with Crippen molar-refractivity contribution < 1.29 is 14.3 Å². The van der Waals surface area contributed by atoms with E-state index in [1.807, 2.05) is 31.2 Å². The predicted molar refractivity (Wildman–Crippen MR) is 90.0 cm³/mol. The molecular weight excluding hydrogens is 310 g/mol. The number of ether oxygens (including phenoxy) is 2. The molecule has 7 heteroatoms. The number of nitrogens with zero attached hydrogens (tertiary/aromatic N) is 1. The first kappa shape index (κ1) is 16.7. The van der Waals surface area contributed by atoms with Gasteiger partial charge in [0.25, 0.3) is 0 Å². The lowest BCUT2D eigenvalue weighted by atomic mass is 10.1. The monoisotopic (exact) mass is 333 g/mol. The molecule has 2 aromatic rings. The first-order valence-electron chi connectivity index (χ1n) is 8.35. The molecule has 0 unspecified atom stereocenters. The average Bonchev–Trinajstić information content (AvgIpc) is 2.90. The second-order valence-corrected chi connectivity index (χ2v) is 5.88. The minimum absolute atomic E-state index is 0.0362. The van der Waals surface area contributed by atoms with E-state index >= 15 is 0 Å². The number of amides is 1. The third-order valence-electron chi connectivity index (χ3n) is 4.28. The van der Waals surface area contributed by atoms with Gasteiger partial charge in [-0.25, -0.2) is 4.79 Å². The van der Waals surface area contributed by atoms with Gasteiger partial charge in [-0.2, -0.15) is 0 Å². The Kier molecular flexibility index (Phi) is 5.32. The van der Waals surface area contributed by atoms with E-state index < -0.39 is 0 Å². The SMILES string of the molecule is CCO[C@@H]1COCC[C@H]1NC(=O)CCn1c(=O)[nH]c2ccccc21. The highest BCUT2D eigenvalue weighted by Crippen LogP contribution is 2.12. The van der Waals surface area contributed by atoms with Crippen LogP contribution in [0.4, 0.5) is 0 Å². The minimum atomic E-state index is -0.192. The quantitative estimate of drug-likeness (QED) is 0.827. The van der Waals surface area contributed by atoms with Crippen LogP contribution < -0.4 is 11.0 Å². The van der Waals surface area contributed by atoms with E-state index in [1.165, 1.54) is 0 Å². The molecule has 1 aliphatic rings. The lowest BCUT2D eigenvalue weighted by molar-refractivity contribution is -0.126. The van der Waals surface area contributed by atoms with E-state index in [2.05, 4.69) is 10.3 Å². The van der Waals surface area contributed by atoms with Crippen LogP contribution in [0, 0.1) is 0 Å². The summed E-state index contributed by atoms with van der Waals surface area (Å²) < 4.78 is 12.6. The maximum absolute atomic E-state index is 12.3. The fourth-order valence-corrected chi connectivity index (χ4v) is 3.08. The van der Waals surface area contributed by atoms with E-state index in [0.29, 0.717) is 26.4 Å². The molecule has 1 aromatic heterocycles. The third-order valence-corrected chi connectivity index (χ3v) is 4.28. The molecule has 24 heavy (non-hydrogen) atoms. The zero-order valence-electron chi connectivity index (χ0n) is 13.8. The molecule has 7 nitrogen and oxygen atoms in total. The van der Waals surface area contributed by atoms with Crippen LogP contribution in [0.15, 0.2) is 29.1 Å². The summed E-state index contributed by atoms with van der Waals surface area (Å²) in [7, 11) is 0. The highest BCUT2D eigenvalue weighted by molar-refractivity contribution is 5.77. The Morgan fingerprint density at radius 3 is 3.12 bits per heavy atom. The number of nitrogens with one attached hydrogen (secondary N) is 2. The van der Waals surface area contributed by atoms with Crippen molar-refractivity contribution in [2.24, 2.45) is 0 Å². The minimum Gasteiger partial charge on any atom is -0.379 e. The van der Waals surface area contributed by atoms with E-state index in [-0.39, 0.29) is 30.2 Å². The van der Waals surface area contributed by atoms with Crippen molar-refractivity contribution in [3.63, 3.8) is 0 Å². The fourth-order valence-electron chi connectivity index (χ4n) is 3.08. The van der Waals surface area contributed by atoms with Crippen molar-refractivity contribution in [3.05, 3.63) is 34.7 Å². The van der Waals surface area contributed by atoms with Gasteiger partial charge in [0.05, 0.1) is 23.7 Å². The van der Waals surface area contributed by atoms with Crippen LogP contribution in [-0.4, -0.2) is 47.4 Å². The molecule has 1 saturated heterocycles. The number of aromatic amines is 1. The van der Waals surface area contributed by atoms with E-state index in [0.717, 1.165) is 17.5 Å². The van der Waals surface area contributed by atoms with Gasteiger partial charge < -0.3 is 19.8 Å². The van der Waals surface area contributed by atoms with Crippen LogP contribution in [0.25, 0.3) is 11.0 Å². The topological polar surface area (TPSA) is 85.3 Å². The standard InChI is InChI=1S/C17H23N3O4/c1-2-24-15-11-23-10-8-13(15)18-16(21)7-9-20-14-6-4-3-5-12(14)19-17(20)22/h3-6,13,15H,2,7-11H2,1H3,(H,18,21)(H,19,22)/t13-,15-/m1/s1. The Labute approximate surface area is 139 Å². The zero-order valence-corrected chi connectivity index (χ0v) is 13.8. The number of benzene rings is 1. The second-order valence-electron chi connectivity index (χ2n) is 5.88. The molecule has 2 atom stereocenters. The van der Waals surface area contributed by atoms with Gasteiger partial charge in [0.1, 0.15) is 6.10 Å². The molecular formula is C17H23N3O4. The first-order chi connectivity index (χ1) is 11.7. The van der Waals surface area contributed by atoms with Crippen LogP contribution in [0.2, 0.25) is 0 Å². The number of fused-ring (bicyclic) bond motifs is 1. The molecule has 1 aromatic carbocycles. The molecule has 0 radical (unpaired) electrons. The number of carbonyl (C=O) groups excluding carboxylic acids is 1. The normalized spacial score (nSPS) is 21.0. The summed E-state index contributed by atoms with van der Waals surface area (Å²) in [6.07, 6.45) is 0.880. The Morgan fingerprint density at radius 1 is 1.46 bits per heavy atom. The molecule has 1 amide bonds. The van der Waals surface area contributed by atoms with Gasteiger partial charge in [0.2, 0.25) is 5.91 Å². The number of rotatable bonds is 6. The molecule has 0 aliphatic carbocycles. The highest BCUT2D eigenvalue weighted by Gasteiger charge is 2.27. The maximum atomic E-state index is 12.3. The van der Waals surface area contributed by atoms with Crippen molar-refractivity contribution >= 4 is 16.9 Å². The zero-order chi connectivity index (χ0) is 16.9. The lowest BCUT2D eigenvalue weighted by Gasteiger charge is -2.31. The Morgan fingerprint density at radius 2 is 2.29 bits per heavy atom. The Bertz CT molecular complexity index is 750. The number of hydrogen-bond acceptors (Lipinski definition) is 4. The molecule has 3 rings (SSSR count). The highest BCUT2D eigenvalue weighted by atomic mass is 16.5. The van der Waals surface area contributed by atoms with Crippen LogP contribution in [0.3, 0.4) is 0 Å². The molecule has 1 fully saturated rings. The fraction of sp³-hybridized carbons (Fsp3) is 0.529. The molecule has 0 saturated carbocycles. The first-order valence-corrected chi connectivity index (χ1v) is 8.35. The van der Waals surface area contributed by atoms with Gasteiger partial charge >= 0.3 is 5.69 Å². The lowest BCUT2D eigenvalue weighted by Crippen LogP contribution is -2.50. The van der Waals surface area contributed by atoms with Gasteiger partial charge in [0, 0.05) is 26.2 Å². The predicted octanol–water partition coefficient (Wildman–Crippen LogP) is 1.03. The van der Waals surface area contributed by atoms with Gasteiger partial charge in [-0.1, -0.05) is 12.1 Å². The summed E-state index contributed by atoms with van der Waals surface area (Å²) in [5.74, 6) is -0.0798. The van der Waals surface area contributed by atoms with Gasteiger partial charge in [0.15, 0.2) is 0 Å². The molecule has 0 spiro atoms. The number of imidazole rings is 1. The Hall–Kier alpha value is -2.12. The summed E-state index contributed by atoms with van der Waals surface area (Å²) >= 11 is 0. The summed E-state index contributed by atoms with van der Waals surface area (Å²) in [6.45, 7) is 3.98. The molecule has 130 valence electrons. The largest absolute Gasteiger partial charge is 0.379 e. The van der Waals surface area contributed by atoms with Crippen molar-refractivity contribution in [1.82, 2.24) is 14.9 Å². The van der Waals surface area contributed by atoms with Crippen molar-refractivity contribution in [2.45, 2.75) is 38.5 Å². The molecule has 0 bridgehead atoms. The maximum Gasteiger partial charge on any atom is 0.326 e. The van der Waals surface area contributed by atoms with Crippen molar-refractivity contribution in [1.29, 1.82) is 0 Å². The molecule has 2 N–H and O–H groups in total. The van der Waals surface area contributed by atoms with Crippen LogP contribution in [-0.2, 0) is 20.8 Å². The van der Waals surface area contributed by atoms with Gasteiger partial charge in [-0.15, -0.1) is 0 Å². The smallest absolute Gasteiger partial charge is 0.326 e. The van der Waals surface area contributed by atoms with Gasteiger partial charge in [-0.05, 0) is 25.5 Å². The van der Waals surface area contributed by atoms with Crippen LogP contribution in [0.1, 0.15) is 19.8 Å². The number of H-pyrrole nitrogens is 1. The molecule has 1 aliphatic heterocycles. The summed E-state index contributed by atoms with van der Waals surface area (Å²) in [5.41, 5.74) is 1.40. The van der Waals surface area contributed by atoms with E-state index in [1.54, 1.807) is 4.57 Å².